The summed E-state index contributed by atoms with van der Waals surface area (Å²) in [6, 6.07) is 12.6. The fourth-order valence-corrected chi connectivity index (χ4v) is 4.15. The third kappa shape index (κ3) is 3.90. The molecule has 4 rings (SSSR count). The molecule has 0 radical (unpaired) electrons. The quantitative estimate of drug-likeness (QED) is 0.847. The smallest absolute Gasteiger partial charge is 0.405 e. The number of nitrogens with two attached hydrogens (primary N) is 1. The van der Waals surface area contributed by atoms with Crippen molar-refractivity contribution in [2.45, 2.75) is 26.9 Å². The van der Waals surface area contributed by atoms with Gasteiger partial charge in [-0.15, -0.1) is 0 Å². The lowest BCUT2D eigenvalue weighted by atomic mass is 9.80. The van der Waals surface area contributed by atoms with Gasteiger partial charge in [-0.1, -0.05) is 32.0 Å². The highest BCUT2D eigenvalue weighted by atomic mass is 16.6. The second-order valence-corrected chi connectivity index (χ2v) is 8.45. The standard InChI is InChI=1S/C23H28N2O4/c1-15-12-16(5-7-19(15)25-8-10-27-11-9-25)17-4-6-18-20(13-17)28-14-23(2,3)21(18)29-22(24)26/h4-7,12-13,21H,8-11,14H2,1-3H3,(H2,24,26). The van der Waals surface area contributed by atoms with Gasteiger partial charge in [0.05, 0.1) is 19.8 Å². The number of ether oxygens (including phenoxy) is 3. The van der Waals surface area contributed by atoms with E-state index in [2.05, 4.69) is 30.0 Å². The Morgan fingerprint density at radius 2 is 1.83 bits per heavy atom. The highest BCUT2D eigenvalue weighted by molar-refractivity contribution is 5.71. The van der Waals surface area contributed by atoms with E-state index in [0.29, 0.717) is 6.61 Å². The van der Waals surface area contributed by atoms with Crippen molar-refractivity contribution in [3.63, 3.8) is 0 Å². The van der Waals surface area contributed by atoms with Crippen LogP contribution in [0.5, 0.6) is 5.75 Å². The van der Waals surface area contributed by atoms with Crippen molar-refractivity contribution < 1.29 is 19.0 Å². The van der Waals surface area contributed by atoms with Gasteiger partial charge in [0.25, 0.3) is 0 Å². The highest BCUT2D eigenvalue weighted by Crippen LogP contribution is 2.46. The summed E-state index contributed by atoms with van der Waals surface area (Å²) in [6.45, 7) is 9.99. The molecule has 2 aromatic carbocycles. The van der Waals surface area contributed by atoms with Gasteiger partial charge in [0.2, 0.25) is 0 Å². The first-order chi connectivity index (χ1) is 13.8. The van der Waals surface area contributed by atoms with Gasteiger partial charge in [0.15, 0.2) is 0 Å². The summed E-state index contributed by atoms with van der Waals surface area (Å²) in [5.74, 6) is 0.739. The maximum absolute atomic E-state index is 11.4. The SMILES string of the molecule is Cc1cc(-c2ccc3c(c2)OCC(C)(C)C3OC(N)=O)ccc1N1CCOCC1. The highest BCUT2D eigenvalue weighted by Gasteiger charge is 2.40. The largest absolute Gasteiger partial charge is 0.492 e. The second-order valence-electron chi connectivity index (χ2n) is 8.45. The predicted octanol–water partition coefficient (Wildman–Crippen LogP) is 4.05. The first-order valence-electron chi connectivity index (χ1n) is 10.0. The fourth-order valence-electron chi connectivity index (χ4n) is 4.15. The van der Waals surface area contributed by atoms with Gasteiger partial charge >= 0.3 is 6.09 Å². The number of fused-ring (bicyclic) bond motifs is 1. The summed E-state index contributed by atoms with van der Waals surface area (Å²) in [6.07, 6.45) is -1.20. The van der Waals surface area contributed by atoms with Crippen LogP contribution in [0.2, 0.25) is 0 Å². The molecule has 0 aliphatic carbocycles. The average Bonchev–Trinajstić information content (AvgIpc) is 2.70. The van der Waals surface area contributed by atoms with Crippen LogP contribution in [-0.4, -0.2) is 39.0 Å². The molecule has 29 heavy (non-hydrogen) atoms. The zero-order chi connectivity index (χ0) is 20.6. The summed E-state index contributed by atoms with van der Waals surface area (Å²) in [5, 5.41) is 0. The molecule has 2 N–H and O–H groups in total. The number of morpholine rings is 1. The van der Waals surface area contributed by atoms with Crippen LogP contribution < -0.4 is 15.4 Å². The van der Waals surface area contributed by atoms with Gasteiger partial charge in [-0.05, 0) is 41.8 Å². The molecule has 2 heterocycles. The lowest BCUT2D eigenvalue weighted by Gasteiger charge is -2.38. The van der Waals surface area contributed by atoms with Crippen molar-refractivity contribution in [1.82, 2.24) is 0 Å². The van der Waals surface area contributed by atoms with Gasteiger partial charge in [-0.2, -0.15) is 0 Å². The molecule has 1 atom stereocenters. The van der Waals surface area contributed by atoms with Crippen molar-refractivity contribution in [1.29, 1.82) is 0 Å². The van der Waals surface area contributed by atoms with Gasteiger partial charge in [0, 0.05) is 29.8 Å². The first-order valence-corrected chi connectivity index (χ1v) is 10.0. The second kappa shape index (κ2) is 7.59. The van der Waals surface area contributed by atoms with Crippen LogP contribution in [0.1, 0.15) is 31.1 Å². The molecule has 1 amide bonds. The normalized spacial score (nSPS) is 20.5. The molecule has 1 unspecified atom stereocenters. The number of benzene rings is 2. The predicted molar refractivity (Wildman–Crippen MR) is 112 cm³/mol. The summed E-state index contributed by atoms with van der Waals surface area (Å²) in [5.41, 5.74) is 10.5. The molecule has 6 nitrogen and oxygen atoms in total. The van der Waals surface area contributed by atoms with Crippen LogP contribution in [0.3, 0.4) is 0 Å². The zero-order valence-corrected chi connectivity index (χ0v) is 17.2. The molecular formula is C23H28N2O4. The number of primary amides is 1. The van der Waals surface area contributed by atoms with Crippen molar-refractivity contribution in [2.24, 2.45) is 11.1 Å². The molecule has 6 heteroatoms. The Hall–Kier alpha value is -2.73. The number of carbonyl (C=O) groups is 1. The van der Waals surface area contributed by atoms with Crippen LogP contribution in [0.4, 0.5) is 10.5 Å². The zero-order valence-electron chi connectivity index (χ0n) is 17.2. The van der Waals surface area contributed by atoms with Crippen LogP contribution in [0.15, 0.2) is 36.4 Å². The minimum Gasteiger partial charge on any atom is -0.492 e. The van der Waals surface area contributed by atoms with Gasteiger partial charge in [0.1, 0.15) is 11.9 Å². The summed E-state index contributed by atoms with van der Waals surface area (Å²) < 4.78 is 16.9. The molecular weight excluding hydrogens is 368 g/mol. The van der Waals surface area contributed by atoms with Crippen molar-refractivity contribution in [2.75, 3.05) is 37.8 Å². The maximum Gasteiger partial charge on any atom is 0.405 e. The monoisotopic (exact) mass is 396 g/mol. The molecule has 0 bridgehead atoms. The maximum atomic E-state index is 11.4. The molecule has 0 spiro atoms. The van der Waals surface area contributed by atoms with Crippen LogP contribution >= 0.6 is 0 Å². The third-order valence-electron chi connectivity index (χ3n) is 5.72. The molecule has 0 saturated carbocycles. The third-order valence-corrected chi connectivity index (χ3v) is 5.72. The van der Waals surface area contributed by atoms with E-state index in [1.165, 1.54) is 11.3 Å². The number of anilines is 1. The lowest BCUT2D eigenvalue weighted by molar-refractivity contribution is -0.0176. The summed E-state index contributed by atoms with van der Waals surface area (Å²) in [7, 11) is 0. The van der Waals surface area contributed by atoms with Crippen LogP contribution in [0, 0.1) is 12.3 Å². The van der Waals surface area contributed by atoms with E-state index in [9.17, 15) is 4.79 Å². The minimum atomic E-state index is -0.769. The van der Waals surface area contributed by atoms with E-state index in [1.54, 1.807) is 0 Å². The van der Waals surface area contributed by atoms with Gasteiger partial charge in [-0.25, -0.2) is 4.79 Å². The Balaban J connectivity index is 1.64. The lowest BCUT2D eigenvalue weighted by Crippen LogP contribution is -2.37. The number of hydrogen-bond donors (Lipinski definition) is 1. The van der Waals surface area contributed by atoms with E-state index in [1.807, 2.05) is 32.0 Å². The molecule has 2 aliphatic rings. The fraction of sp³-hybridized carbons (Fsp3) is 0.435. The summed E-state index contributed by atoms with van der Waals surface area (Å²) >= 11 is 0. The van der Waals surface area contributed by atoms with E-state index in [-0.39, 0.29) is 5.41 Å². The molecule has 154 valence electrons. The number of aryl methyl sites for hydroxylation is 1. The Labute approximate surface area is 171 Å². The van der Waals surface area contributed by atoms with E-state index in [0.717, 1.165) is 48.7 Å². The summed E-state index contributed by atoms with van der Waals surface area (Å²) in [4.78, 5) is 13.8. The molecule has 1 fully saturated rings. The Kier molecular flexibility index (Phi) is 5.13. The number of carbonyl (C=O) groups excluding carboxylic acids is 1. The Morgan fingerprint density at radius 1 is 1.14 bits per heavy atom. The molecule has 2 aromatic rings. The number of rotatable bonds is 3. The van der Waals surface area contributed by atoms with Crippen molar-refractivity contribution in [3.8, 4) is 16.9 Å². The van der Waals surface area contributed by atoms with E-state index >= 15 is 0 Å². The van der Waals surface area contributed by atoms with Crippen LogP contribution in [-0.2, 0) is 9.47 Å². The molecule has 0 aromatic heterocycles. The number of nitrogens with zero attached hydrogens (tertiary/aromatic N) is 1. The van der Waals surface area contributed by atoms with Gasteiger partial charge in [-0.3, -0.25) is 0 Å². The first kappa shape index (κ1) is 19.6. The van der Waals surface area contributed by atoms with Crippen molar-refractivity contribution >= 4 is 11.8 Å². The Morgan fingerprint density at radius 3 is 2.52 bits per heavy atom. The van der Waals surface area contributed by atoms with Crippen molar-refractivity contribution in [3.05, 3.63) is 47.5 Å². The average molecular weight is 396 g/mol. The van der Waals surface area contributed by atoms with Crippen LogP contribution in [0.25, 0.3) is 11.1 Å². The molecule has 2 aliphatic heterocycles. The minimum absolute atomic E-state index is 0.347. The van der Waals surface area contributed by atoms with E-state index in [4.69, 9.17) is 19.9 Å². The Bertz CT molecular complexity index is 919. The van der Waals surface area contributed by atoms with Gasteiger partial charge < -0.3 is 24.8 Å². The molecule has 1 saturated heterocycles. The number of hydrogen-bond acceptors (Lipinski definition) is 5. The topological polar surface area (TPSA) is 74.0 Å². The van der Waals surface area contributed by atoms with E-state index < -0.39 is 12.2 Å². The number of amides is 1.